The van der Waals surface area contributed by atoms with Gasteiger partial charge in [-0.3, -0.25) is 0 Å². The van der Waals surface area contributed by atoms with Gasteiger partial charge in [0, 0.05) is 10.8 Å². The Balaban J connectivity index is 0.000000253. The summed E-state index contributed by atoms with van der Waals surface area (Å²) in [5.74, 6) is 0. The summed E-state index contributed by atoms with van der Waals surface area (Å²) in [6, 6.07) is 0. The molecule has 0 spiro atoms. The van der Waals surface area contributed by atoms with Crippen molar-refractivity contribution in [2.75, 3.05) is 13.2 Å². The SMILES string of the molecule is CC(C)(C1(O)CCC(O)CC1)C1(O)CCC(O)CC1.OCC1(CO)CCCCC1. The molecule has 0 radical (unpaired) electrons. The van der Waals surface area contributed by atoms with E-state index >= 15 is 0 Å². The monoisotopic (exact) mass is 416 g/mol. The minimum atomic E-state index is -0.927. The van der Waals surface area contributed by atoms with E-state index < -0.39 is 16.6 Å². The molecule has 3 aliphatic carbocycles. The van der Waals surface area contributed by atoms with Gasteiger partial charge in [0.25, 0.3) is 0 Å². The Labute approximate surface area is 176 Å². The molecule has 6 heteroatoms. The number of hydrogen-bond donors (Lipinski definition) is 6. The molecule has 0 saturated heterocycles. The van der Waals surface area contributed by atoms with Crippen molar-refractivity contribution in [3.63, 3.8) is 0 Å². The minimum absolute atomic E-state index is 0.127. The molecule has 172 valence electrons. The van der Waals surface area contributed by atoms with Gasteiger partial charge in [-0.15, -0.1) is 0 Å². The van der Waals surface area contributed by atoms with Gasteiger partial charge >= 0.3 is 0 Å². The van der Waals surface area contributed by atoms with Gasteiger partial charge in [0.05, 0.1) is 36.6 Å². The van der Waals surface area contributed by atoms with Crippen LogP contribution in [0.2, 0.25) is 0 Å². The average molecular weight is 417 g/mol. The summed E-state index contributed by atoms with van der Waals surface area (Å²) in [5, 5.41) is 59.1. The number of rotatable bonds is 4. The van der Waals surface area contributed by atoms with Crippen molar-refractivity contribution in [3.05, 3.63) is 0 Å². The third kappa shape index (κ3) is 5.52. The van der Waals surface area contributed by atoms with Gasteiger partial charge in [0.15, 0.2) is 0 Å². The Hall–Kier alpha value is -0.240. The van der Waals surface area contributed by atoms with E-state index in [1.54, 1.807) is 0 Å². The van der Waals surface area contributed by atoms with Crippen LogP contribution < -0.4 is 0 Å². The summed E-state index contributed by atoms with van der Waals surface area (Å²) in [6.07, 6.45) is 9.48. The summed E-state index contributed by atoms with van der Waals surface area (Å²) in [7, 11) is 0. The number of aliphatic hydroxyl groups is 6. The van der Waals surface area contributed by atoms with Crippen LogP contribution in [0.5, 0.6) is 0 Å². The maximum Gasteiger partial charge on any atom is 0.0727 e. The lowest BCUT2D eigenvalue weighted by Gasteiger charge is -2.56. The third-order valence-corrected chi connectivity index (χ3v) is 8.48. The predicted octanol–water partition coefficient (Wildman–Crippen LogP) is 2.27. The lowest BCUT2D eigenvalue weighted by molar-refractivity contribution is -0.214. The second-order valence-corrected chi connectivity index (χ2v) is 10.5. The molecular weight excluding hydrogens is 372 g/mol. The first-order chi connectivity index (χ1) is 13.5. The molecule has 0 aromatic heterocycles. The van der Waals surface area contributed by atoms with E-state index in [4.69, 9.17) is 10.2 Å². The number of aliphatic hydroxyl groups excluding tert-OH is 4. The van der Waals surface area contributed by atoms with Crippen LogP contribution in [0.1, 0.15) is 97.3 Å². The highest BCUT2D eigenvalue weighted by Crippen LogP contribution is 2.53. The molecule has 3 rings (SSSR count). The van der Waals surface area contributed by atoms with Crippen molar-refractivity contribution >= 4 is 0 Å². The van der Waals surface area contributed by atoms with Gasteiger partial charge in [0.2, 0.25) is 0 Å². The fourth-order valence-corrected chi connectivity index (χ4v) is 5.51. The van der Waals surface area contributed by atoms with Gasteiger partial charge in [0.1, 0.15) is 0 Å². The fraction of sp³-hybridized carbons (Fsp3) is 1.00. The summed E-state index contributed by atoms with van der Waals surface area (Å²) in [6.45, 7) is 4.18. The van der Waals surface area contributed by atoms with Gasteiger partial charge in [-0.25, -0.2) is 0 Å². The van der Waals surface area contributed by atoms with E-state index in [2.05, 4.69) is 0 Å². The van der Waals surface area contributed by atoms with Crippen LogP contribution in [-0.4, -0.2) is 67.3 Å². The van der Waals surface area contributed by atoms with E-state index in [9.17, 15) is 20.4 Å². The van der Waals surface area contributed by atoms with Gasteiger partial charge in [-0.05, 0) is 64.2 Å². The third-order valence-electron chi connectivity index (χ3n) is 8.48. The largest absolute Gasteiger partial charge is 0.396 e. The van der Waals surface area contributed by atoms with Gasteiger partial charge < -0.3 is 30.6 Å². The van der Waals surface area contributed by atoms with E-state index in [0.29, 0.717) is 51.4 Å². The first-order valence-corrected chi connectivity index (χ1v) is 11.6. The maximum atomic E-state index is 11.0. The van der Waals surface area contributed by atoms with Crippen molar-refractivity contribution < 1.29 is 30.6 Å². The van der Waals surface area contributed by atoms with Crippen molar-refractivity contribution in [3.8, 4) is 0 Å². The zero-order chi connectivity index (χ0) is 21.8. The number of hydrogen-bond acceptors (Lipinski definition) is 6. The lowest BCUT2D eigenvalue weighted by Crippen LogP contribution is -2.61. The lowest BCUT2D eigenvalue weighted by atomic mass is 9.55. The second kappa shape index (κ2) is 9.92. The van der Waals surface area contributed by atoms with E-state index in [1.165, 1.54) is 19.3 Å². The molecular formula is C23H44O6. The highest BCUT2D eigenvalue weighted by atomic mass is 16.3. The van der Waals surface area contributed by atoms with Crippen LogP contribution in [0.4, 0.5) is 0 Å². The Bertz CT molecular complexity index is 448. The highest BCUT2D eigenvalue weighted by Gasteiger charge is 2.57. The maximum absolute atomic E-state index is 11.0. The molecule has 29 heavy (non-hydrogen) atoms. The smallest absolute Gasteiger partial charge is 0.0727 e. The van der Waals surface area contributed by atoms with Crippen LogP contribution in [0.3, 0.4) is 0 Å². The molecule has 0 atom stereocenters. The van der Waals surface area contributed by atoms with Crippen LogP contribution in [0.15, 0.2) is 0 Å². The molecule has 0 aliphatic heterocycles. The molecule has 3 fully saturated rings. The molecule has 0 aromatic carbocycles. The summed E-state index contributed by atoms with van der Waals surface area (Å²) >= 11 is 0. The van der Waals surface area contributed by atoms with E-state index in [1.807, 2.05) is 13.8 Å². The summed E-state index contributed by atoms with van der Waals surface area (Å²) in [5.41, 5.74) is -2.61. The summed E-state index contributed by atoms with van der Waals surface area (Å²) < 4.78 is 0. The quantitative estimate of drug-likeness (QED) is 0.418. The first-order valence-electron chi connectivity index (χ1n) is 11.6. The van der Waals surface area contributed by atoms with Crippen LogP contribution >= 0.6 is 0 Å². The minimum Gasteiger partial charge on any atom is -0.396 e. The average Bonchev–Trinajstić information content (AvgIpc) is 2.73. The van der Waals surface area contributed by atoms with Crippen molar-refractivity contribution in [1.82, 2.24) is 0 Å². The van der Waals surface area contributed by atoms with Crippen molar-refractivity contribution in [2.45, 2.75) is 121 Å². The molecule has 0 heterocycles. The van der Waals surface area contributed by atoms with Crippen LogP contribution in [-0.2, 0) is 0 Å². The zero-order valence-electron chi connectivity index (χ0n) is 18.4. The second-order valence-electron chi connectivity index (χ2n) is 10.5. The molecule has 6 N–H and O–H groups in total. The molecule has 3 aliphatic rings. The van der Waals surface area contributed by atoms with Gasteiger partial charge in [-0.2, -0.15) is 0 Å². The first kappa shape index (κ1) is 25.0. The topological polar surface area (TPSA) is 121 Å². The Morgan fingerprint density at radius 3 is 1.28 bits per heavy atom. The Morgan fingerprint density at radius 1 is 0.655 bits per heavy atom. The molecule has 0 bridgehead atoms. The normalized spacial score (nSPS) is 38.1. The molecule has 0 unspecified atom stereocenters. The fourth-order valence-electron chi connectivity index (χ4n) is 5.51. The highest BCUT2D eigenvalue weighted by molar-refractivity contribution is 5.08. The van der Waals surface area contributed by atoms with E-state index in [0.717, 1.165) is 12.8 Å². The zero-order valence-corrected chi connectivity index (χ0v) is 18.4. The van der Waals surface area contributed by atoms with E-state index in [-0.39, 0.29) is 30.8 Å². The van der Waals surface area contributed by atoms with Crippen LogP contribution in [0.25, 0.3) is 0 Å². The molecule has 0 aromatic rings. The van der Waals surface area contributed by atoms with Crippen molar-refractivity contribution in [1.29, 1.82) is 0 Å². The standard InChI is InChI=1S/C15H28O4.C8H16O2/c1-13(2,14(18)7-3-11(16)4-8-14)15(19)9-5-12(17)6-10-15;9-6-8(7-10)4-2-1-3-5-8/h11-12,16-19H,3-10H2,1-2H3;9-10H,1-7H2. The Morgan fingerprint density at radius 2 is 1.00 bits per heavy atom. The summed E-state index contributed by atoms with van der Waals surface area (Å²) in [4.78, 5) is 0. The Kier molecular flexibility index (Phi) is 8.56. The molecule has 0 amide bonds. The van der Waals surface area contributed by atoms with Crippen molar-refractivity contribution in [2.24, 2.45) is 10.8 Å². The van der Waals surface area contributed by atoms with Crippen LogP contribution in [0, 0.1) is 10.8 Å². The molecule has 3 saturated carbocycles. The predicted molar refractivity (Wildman–Crippen MR) is 112 cm³/mol. The van der Waals surface area contributed by atoms with Gasteiger partial charge in [-0.1, -0.05) is 33.1 Å². The molecule has 6 nitrogen and oxygen atoms in total.